The molecule has 1 aliphatic rings. The molecule has 1 aliphatic heterocycles. The Hall–Kier alpha value is 0.110. The first-order chi connectivity index (χ1) is 4.33. The van der Waals surface area contributed by atoms with Crippen molar-refractivity contribution in [3.63, 3.8) is 0 Å². The predicted molar refractivity (Wildman–Crippen MR) is 35.5 cm³/mol. The van der Waals surface area contributed by atoms with Gasteiger partial charge >= 0.3 is 0 Å². The summed E-state index contributed by atoms with van der Waals surface area (Å²) in [7, 11) is 0. The first kappa shape index (κ1) is 10.1. The van der Waals surface area contributed by atoms with Gasteiger partial charge in [0.15, 0.2) is 5.78 Å². The maximum absolute atomic E-state index is 10.8. The highest BCUT2D eigenvalue weighted by molar-refractivity contribution is 5.79. The topological polar surface area (TPSA) is 21.5 Å². The summed E-state index contributed by atoms with van der Waals surface area (Å²) >= 11 is 0. The molecule has 0 aromatic carbocycles. The van der Waals surface area contributed by atoms with Crippen molar-refractivity contribution in [3.8, 4) is 0 Å². The number of carbonyl (C=O) groups excluding carboxylic acids is 1. The minimum atomic E-state index is 0. The first-order valence-corrected chi connectivity index (χ1v) is 3.68. The van der Waals surface area contributed by atoms with E-state index in [1.807, 2.05) is 0 Å². The normalized spacial score (nSPS) is 25.7. The van der Waals surface area contributed by atoms with Crippen LogP contribution in [-0.2, 0) is 4.79 Å². The van der Waals surface area contributed by atoms with Crippen LogP contribution in [0, 0.1) is 0 Å². The number of carbonyl (C=O) groups is 1. The van der Waals surface area contributed by atoms with Crippen molar-refractivity contribution in [2.45, 2.75) is 19.8 Å². The molecule has 1 fully saturated rings. The minimum Gasteiger partial charge on any atom is -1.00 e. The van der Waals surface area contributed by atoms with Crippen LogP contribution in [0.5, 0.6) is 0 Å². The number of hydrogen-bond acceptors (Lipinski definition) is 1. The summed E-state index contributed by atoms with van der Waals surface area (Å²) in [4.78, 5) is 12.3. The smallest absolute Gasteiger partial charge is 0.187 e. The Morgan fingerprint density at radius 1 is 1.60 bits per heavy atom. The van der Waals surface area contributed by atoms with Crippen LogP contribution in [0.2, 0.25) is 0 Å². The van der Waals surface area contributed by atoms with Crippen LogP contribution in [0.4, 0.5) is 0 Å². The molecule has 3 heteroatoms. The summed E-state index contributed by atoms with van der Waals surface area (Å²) < 4.78 is 0. The second-order valence-corrected chi connectivity index (χ2v) is 2.67. The zero-order chi connectivity index (χ0) is 6.69. The van der Waals surface area contributed by atoms with E-state index in [-0.39, 0.29) is 17.0 Å². The Bertz CT molecular complexity index is 116. The number of likely N-dealkylation sites (tertiary alicyclic amines) is 1. The zero-order valence-electron chi connectivity index (χ0n) is 6.32. The number of likely N-dealkylation sites (N-methyl/N-ethyl adjacent to an activating group) is 1. The second-order valence-electron chi connectivity index (χ2n) is 2.67. The third-order valence-electron chi connectivity index (χ3n) is 1.93. The number of quaternary nitrogens is 1. The molecule has 2 nitrogen and oxygen atoms in total. The second kappa shape index (κ2) is 4.85. The number of piperidine rings is 1. The van der Waals surface area contributed by atoms with Crippen LogP contribution >= 0.6 is 0 Å². The molecule has 0 saturated carbocycles. The number of nitrogens with one attached hydrogen (secondary N) is 1. The van der Waals surface area contributed by atoms with Gasteiger partial charge in [-0.25, -0.2) is 0 Å². The largest absolute Gasteiger partial charge is 1.00 e. The Balaban J connectivity index is 0.000000810. The molecule has 0 amide bonds. The molecule has 60 valence electrons. The summed E-state index contributed by atoms with van der Waals surface area (Å²) in [5, 5.41) is 0. The van der Waals surface area contributed by atoms with Crippen molar-refractivity contribution in [1.29, 1.82) is 0 Å². The summed E-state index contributed by atoms with van der Waals surface area (Å²) in [6.07, 6.45) is 1.92. The zero-order valence-corrected chi connectivity index (χ0v) is 7.91. The fourth-order valence-corrected chi connectivity index (χ4v) is 1.29. The molecule has 1 atom stereocenters. The SMILES string of the molecule is CC[NH+]1CCCC(=O)C1.[Br-]. The highest BCUT2D eigenvalue weighted by Crippen LogP contribution is 1.89. The molecule has 1 N–H and O–H groups in total. The van der Waals surface area contributed by atoms with Crippen molar-refractivity contribution in [3.05, 3.63) is 0 Å². The Kier molecular flexibility index (Phi) is 4.91. The lowest BCUT2D eigenvalue weighted by molar-refractivity contribution is -0.892. The van der Waals surface area contributed by atoms with E-state index in [9.17, 15) is 4.79 Å². The predicted octanol–water partition coefficient (Wildman–Crippen LogP) is -3.74. The highest BCUT2D eigenvalue weighted by atomic mass is 79.9. The fraction of sp³-hybridized carbons (Fsp3) is 0.857. The van der Waals surface area contributed by atoms with Gasteiger partial charge in [0.1, 0.15) is 6.54 Å². The molecule has 0 aliphatic carbocycles. The summed E-state index contributed by atoms with van der Waals surface area (Å²) in [6.45, 7) is 5.21. The molecule has 1 unspecified atom stereocenters. The fourth-order valence-electron chi connectivity index (χ4n) is 1.29. The number of Topliss-reactive ketones (excluding diaryl/α,β-unsaturated/α-hetero) is 1. The molecule has 10 heavy (non-hydrogen) atoms. The Morgan fingerprint density at radius 3 is 2.70 bits per heavy atom. The van der Waals surface area contributed by atoms with E-state index in [4.69, 9.17) is 0 Å². The Morgan fingerprint density at radius 2 is 2.30 bits per heavy atom. The van der Waals surface area contributed by atoms with Crippen molar-refractivity contribution in [2.24, 2.45) is 0 Å². The van der Waals surface area contributed by atoms with Crippen LogP contribution in [0.1, 0.15) is 19.8 Å². The molecular weight excluding hydrogens is 194 g/mol. The van der Waals surface area contributed by atoms with E-state index in [1.165, 1.54) is 11.4 Å². The molecule has 0 bridgehead atoms. The van der Waals surface area contributed by atoms with Crippen molar-refractivity contribution < 1.29 is 26.7 Å². The molecule has 0 spiro atoms. The van der Waals surface area contributed by atoms with Gasteiger partial charge in [0.25, 0.3) is 0 Å². The van der Waals surface area contributed by atoms with Crippen molar-refractivity contribution in [2.75, 3.05) is 19.6 Å². The van der Waals surface area contributed by atoms with Crippen LogP contribution in [0.25, 0.3) is 0 Å². The van der Waals surface area contributed by atoms with Crippen molar-refractivity contribution in [1.82, 2.24) is 0 Å². The average Bonchev–Trinajstić information content (AvgIpc) is 1.88. The minimum absolute atomic E-state index is 0. The van der Waals surface area contributed by atoms with E-state index in [2.05, 4.69) is 6.92 Å². The standard InChI is InChI=1S/C7H13NO.BrH/c1-2-8-5-3-4-7(9)6-8;/h2-6H2,1H3;1H. The van der Waals surface area contributed by atoms with Gasteiger partial charge in [-0.2, -0.15) is 0 Å². The highest BCUT2D eigenvalue weighted by Gasteiger charge is 2.17. The van der Waals surface area contributed by atoms with Crippen LogP contribution < -0.4 is 21.9 Å². The van der Waals surface area contributed by atoms with Crippen molar-refractivity contribution >= 4 is 5.78 Å². The molecule has 1 rings (SSSR count). The van der Waals surface area contributed by atoms with Crippen LogP contribution in [0.15, 0.2) is 0 Å². The number of rotatable bonds is 1. The lowest BCUT2D eigenvalue weighted by Crippen LogP contribution is -3.13. The van der Waals surface area contributed by atoms with E-state index in [0.29, 0.717) is 5.78 Å². The van der Waals surface area contributed by atoms with Gasteiger partial charge in [0, 0.05) is 12.8 Å². The molecule has 1 heterocycles. The number of ketones is 1. The van der Waals surface area contributed by atoms with E-state index < -0.39 is 0 Å². The van der Waals surface area contributed by atoms with Gasteiger partial charge in [-0.15, -0.1) is 0 Å². The van der Waals surface area contributed by atoms with Gasteiger partial charge in [-0.3, -0.25) is 4.79 Å². The summed E-state index contributed by atoms with van der Waals surface area (Å²) in [6, 6.07) is 0. The summed E-state index contributed by atoms with van der Waals surface area (Å²) in [5.74, 6) is 0.443. The molecule has 0 aromatic heterocycles. The van der Waals surface area contributed by atoms with E-state index >= 15 is 0 Å². The van der Waals surface area contributed by atoms with Gasteiger partial charge < -0.3 is 21.9 Å². The van der Waals surface area contributed by atoms with Crippen LogP contribution in [-0.4, -0.2) is 25.4 Å². The third kappa shape index (κ3) is 2.80. The van der Waals surface area contributed by atoms with E-state index in [0.717, 1.165) is 25.9 Å². The average molecular weight is 208 g/mol. The lowest BCUT2D eigenvalue weighted by atomic mass is 10.1. The van der Waals surface area contributed by atoms with Crippen LogP contribution in [0.3, 0.4) is 0 Å². The van der Waals surface area contributed by atoms with E-state index in [1.54, 1.807) is 0 Å². The van der Waals surface area contributed by atoms with Gasteiger partial charge in [0.05, 0.1) is 13.1 Å². The monoisotopic (exact) mass is 207 g/mol. The van der Waals surface area contributed by atoms with Gasteiger partial charge in [-0.1, -0.05) is 0 Å². The number of hydrogen-bond donors (Lipinski definition) is 1. The summed E-state index contributed by atoms with van der Waals surface area (Å²) in [5.41, 5.74) is 0. The Labute approximate surface area is 72.4 Å². The quantitative estimate of drug-likeness (QED) is 0.470. The first-order valence-electron chi connectivity index (χ1n) is 3.68. The maximum Gasteiger partial charge on any atom is 0.187 e. The lowest BCUT2D eigenvalue weighted by Gasteiger charge is -2.20. The maximum atomic E-state index is 10.8. The molecular formula is C7H14BrNO. The van der Waals surface area contributed by atoms with Gasteiger partial charge in [0.2, 0.25) is 0 Å². The molecule has 0 radical (unpaired) electrons. The number of halogens is 1. The third-order valence-corrected chi connectivity index (χ3v) is 1.93. The van der Waals surface area contributed by atoms with Gasteiger partial charge in [-0.05, 0) is 6.92 Å². The molecule has 0 aromatic rings. The molecule has 1 saturated heterocycles.